The Kier molecular flexibility index (Phi) is 6.44. The second kappa shape index (κ2) is 7.34. The molecule has 0 amide bonds. The lowest BCUT2D eigenvalue weighted by Gasteiger charge is -2.29. The Morgan fingerprint density at radius 1 is 1.24 bits per heavy atom. The molecule has 1 rings (SSSR count). The smallest absolute Gasteiger partial charge is 0.149 e. The molecule has 0 aliphatic heterocycles. The molecule has 0 saturated heterocycles. The maximum atomic E-state index is 11.0. The van der Waals surface area contributed by atoms with Crippen LogP contribution in [-0.2, 0) is 14.6 Å². The average Bonchev–Trinajstić information content (AvgIpc) is 2.26. The summed E-state index contributed by atoms with van der Waals surface area (Å²) in [6.07, 6.45) is 7.06. The minimum absolute atomic E-state index is 0.140. The predicted octanol–water partition coefficient (Wildman–Crippen LogP) is 1.36. The van der Waals surface area contributed by atoms with Gasteiger partial charge in [-0.15, -0.1) is 0 Å². The standard InChI is InChI=1S/C12H25NO3S/c1-3-8-13-11-4-6-12(7-5-11)16-9-10-17(2,14)15/h11-13H,3-10H2,1-2H3. The molecule has 0 spiro atoms. The van der Waals surface area contributed by atoms with E-state index in [1.807, 2.05) is 0 Å². The molecule has 0 aromatic rings. The van der Waals surface area contributed by atoms with Crippen LogP contribution < -0.4 is 5.32 Å². The van der Waals surface area contributed by atoms with Gasteiger partial charge in [0.05, 0.1) is 18.5 Å². The van der Waals surface area contributed by atoms with Crippen molar-refractivity contribution < 1.29 is 13.2 Å². The lowest BCUT2D eigenvalue weighted by molar-refractivity contribution is 0.0315. The topological polar surface area (TPSA) is 55.4 Å². The van der Waals surface area contributed by atoms with Crippen LogP contribution in [0.15, 0.2) is 0 Å². The Hall–Kier alpha value is -0.130. The van der Waals surface area contributed by atoms with Gasteiger partial charge in [0.2, 0.25) is 0 Å². The molecule has 4 nitrogen and oxygen atoms in total. The third-order valence-corrected chi connectivity index (χ3v) is 4.07. The Labute approximate surface area is 105 Å². The first-order chi connectivity index (χ1) is 8.01. The quantitative estimate of drug-likeness (QED) is 0.753. The summed E-state index contributed by atoms with van der Waals surface area (Å²) in [5.41, 5.74) is 0. The van der Waals surface area contributed by atoms with E-state index in [1.165, 1.54) is 12.7 Å². The van der Waals surface area contributed by atoms with Crippen molar-refractivity contribution in [2.45, 2.75) is 51.2 Å². The second-order valence-corrected chi connectivity index (χ2v) is 7.19. The first kappa shape index (κ1) is 14.9. The monoisotopic (exact) mass is 263 g/mol. The fourth-order valence-electron chi connectivity index (χ4n) is 2.15. The van der Waals surface area contributed by atoms with E-state index in [4.69, 9.17) is 4.74 Å². The van der Waals surface area contributed by atoms with E-state index in [0.29, 0.717) is 12.6 Å². The van der Waals surface area contributed by atoms with E-state index in [2.05, 4.69) is 12.2 Å². The molecule has 102 valence electrons. The van der Waals surface area contributed by atoms with Gasteiger partial charge in [-0.1, -0.05) is 6.92 Å². The minimum atomic E-state index is -2.89. The molecule has 0 unspecified atom stereocenters. The highest BCUT2D eigenvalue weighted by atomic mass is 32.2. The fraction of sp³-hybridized carbons (Fsp3) is 1.00. The van der Waals surface area contributed by atoms with E-state index in [-0.39, 0.29) is 11.9 Å². The molecule has 0 radical (unpaired) electrons. The van der Waals surface area contributed by atoms with Crippen LogP contribution in [0.25, 0.3) is 0 Å². The first-order valence-electron chi connectivity index (χ1n) is 6.54. The van der Waals surface area contributed by atoms with Gasteiger partial charge in [0.25, 0.3) is 0 Å². The van der Waals surface area contributed by atoms with Crippen molar-refractivity contribution in [1.29, 1.82) is 0 Å². The van der Waals surface area contributed by atoms with Crippen LogP contribution in [0.4, 0.5) is 0 Å². The molecule has 0 heterocycles. The van der Waals surface area contributed by atoms with Gasteiger partial charge in [0.1, 0.15) is 9.84 Å². The molecule has 1 aliphatic carbocycles. The van der Waals surface area contributed by atoms with Crippen molar-refractivity contribution in [2.24, 2.45) is 0 Å². The van der Waals surface area contributed by atoms with E-state index in [0.717, 1.165) is 32.2 Å². The molecule has 0 aromatic heterocycles. The normalized spacial score (nSPS) is 26.0. The van der Waals surface area contributed by atoms with Gasteiger partial charge in [0, 0.05) is 12.3 Å². The summed E-state index contributed by atoms with van der Waals surface area (Å²) < 4.78 is 27.5. The molecule has 1 saturated carbocycles. The molecular weight excluding hydrogens is 238 g/mol. The van der Waals surface area contributed by atoms with Crippen molar-refractivity contribution in [1.82, 2.24) is 5.32 Å². The molecular formula is C12H25NO3S. The molecule has 1 aliphatic rings. The summed E-state index contributed by atoms with van der Waals surface area (Å²) in [7, 11) is -2.89. The summed E-state index contributed by atoms with van der Waals surface area (Å²) in [6.45, 7) is 3.60. The number of rotatable bonds is 7. The van der Waals surface area contributed by atoms with Gasteiger partial charge in [-0.25, -0.2) is 8.42 Å². The second-order valence-electron chi connectivity index (χ2n) is 4.93. The Balaban J connectivity index is 2.11. The largest absolute Gasteiger partial charge is 0.377 e. The van der Waals surface area contributed by atoms with Crippen molar-refractivity contribution in [3.8, 4) is 0 Å². The minimum Gasteiger partial charge on any atom is -0.377 e. The highest BCUT2D eigenvalue weighted by Gasteiger charge is 2.21. The van der Waals surface area contributed by atoms with Gasteiger partial charge >= 0.3 is 0 Å². The van der Waals surface area contributed by atoms with Crippen LogP contribution in [0.3, 0.4) is 0 Å². The molecule has 17 heavy (non-hydrogen) atoms. The van der Waals surface area contributed by atoms with Crippen LogP contribution >= 0.6 is 0 Å². The van der Waals surface area contributed by atoms with Crippen LogP contribution in [0, 0.1) is 0 Å². The summed E-state index contributed by atoms with van der Waals surface area (Å²) >= 11 is 0. The predicted molar refractivity (Wildman–Crippen MR) is 70.0 cm³/mol. The molecule has 1 fully saturated rings. The Bertz CT molecular complexity index is 295. The number of hydrogen-bond donors (Lipinski definition) is 1. The number of ether oxygens (including phenoxy) is 1. The first-order valence-corrected chi connectivity index (χ1v) is 8.60. The number of sulfone groups is 1. The summed E-state index contributed by atoms with van der Waals surface area (Å²) in [5.74, 6) is 0.140. The summed E-state index contributed by atoms with van der Waals surface area (Å²) in [4.78, 5) is 0. The molecule has 5 heteroatoms. The van der Waals surface area contributed by atoms with Crippen LogP contribution in [0.1, 0.15) is 39.0 Å². The Morgan fingerprint density at radius 2 is 1.88 bits per heavy atom. The van der Waals surface area contributed by atoms with E-state index >= 15 is 0 Å². The molecule has 0 aromatic carbocycles. The average molecular weight is 263 g/mol. The van der Waals surface area contributed by atoms with Crippen LogP contribution in [0.5, 0.6) is 0 Å². The fourth-order valence-corrected chi connectivity index (χ4v) is 2.55. The van der Waals surface area contributed by atoms with E-state index < -0.39 is 9.84 Å². The van der Waals surface area contributed by atoms with Gasteiger partial charge in [-0.3, -0.25) is 0 Å². The van der Waals surface area contributed by atoms with Crippen LogP contribution in [-0.4, -0.2) is 45.7 Å². The van der Waals surface area contributed by atoms with Crippen molar-refractivity contribution in [3.63, 3.8) is 0 Å². The maximum Gasteiger partial charge on any atom is 0.149 e. The van der Waals surface area contributed by atoms with E-state index in [1.54, 1.807) is 0 Å². The lowest BCUT2D eigenvalue weighted by Crippen LogP contribution is -2.36. The number of hydrogen-bond acceptors (Lipinski definition) is 4. The third-order valence-electron chi connectivity index (χ3n) is 3.16. The molecule has 1 N–H and O–H groups in total. The number of nitrogens with one attached hydrogen (secondary N) is 1. The summed E-state index contributed by atoms with van der Waals surface area (Å²) in [5, 5.41) is 3.52. The molecule has 0 atom stereocenters. The van der Waals surface area contributed by atoms with Crippen molar-refractivity contribution >= 4 is 9.84 Å². The summed E-state index contributed by atoms with van der Waals surface area (Å²) in [6, 6.07) is 0.629. The maximum absolute atomic E-state index is 11.0. The third kappa shape index (κ3) is 7.01. The van der Waals surface area contributed by atoms with Crippen molar-refractivity contribution in [3.05, 3.63) is 0 Å². The van der Waals surface area contributed by atoms with Crippen LogP contribution in [0.2, 0.25) is 0 Å². The van der Waals surface area contributed by atoms with Gasteiger partial charge in [-0.05, 0) is 38.6 Å². The zero-order valence-electron chi connectivity index (χ0n) is 10.9. The highest BCUT2D eigenvalue weighted by Crippen LogP contribution is 2.21. The molecule has 0 bridgehead atoms. The zero-order chi connectivity index (χ0) is 12.7. The zero-order valence-corrected chi connectivity index (χ0v) is 11.8. The lowest BCUT2D eigenvalue weighted by atomic mass is 9.93. The van der Waals surface area contributed by atoms with Gasteiger partial charge < -0.3 is 10.1 Å². The van der Waals surface area contributed by atoms with Gasteiger partial charge in [0.15, 0.2) is 0 Å². The van der Waals surface area contributed by atoms with Gasteiger partial charge in [-0.2, -0.15) is 0 Å². The SMILES string of the molecule is CCCNC1CCC(OCCS(C)(=O)=O)CC1. The Morgan fingerprint density at radius 3 is 2.41 bits per heavy atom. The van der Waals surface area contributed by atoms with E-state index in [9.17, 15) is 8.42 Å². The highest BCUT2D eigenvalue weighted by molar-refractivity contribution is 7.90. The van der Waals surface area contributed by atoms with Crippen molar-refractivity contribution in [2.75, 3.05) is 25.2 Å².